The van der Waals surface area contributed by atoms with Crippen LogP contribution in [0.4, 0.5) is 10.3 Å². The van der Waals surface area contributed by atoms with E-state index >= 15 is 0 Å². The molecule has 2 N–H and O–H groups in total. The minimum Gasteiger partial charge on any atom is -0.302 e. The van der Waals surface area contributed by atoms with Crippen LogP contribution in [0.5, 0.6) is 0 Å². The van der Waals surface area contributed by atoms with Crippen LogP contribution < -0.4 is 10.6 Å². The van der Waals surface area contributed by atoms with Gasteiger partial charge in [0.2, 0.25) is 11.8 Å². The van der Waals surface area contributed by atoms with Crippen LogP contribution in [0.3, 0.4) is 0 Å². The molecule has 4 rings (SSSR count). The van der Waals surface area contributed by atoms with Crippen molar-refractivity contribution in [2.45, 2.75) is 19.9 Å². The topological polar surface area (TPSA) is 87.2 Å². The summed E-state index contributed by atoms with van der Waals surface area (Å²) in [5.41, 5.74) is 1.91. The molecule has 7 nitrogen and oxygen atoms in total. The lowest BCUT2D eigenvalue weighted by atomic mass is 10.2. The van der Waals surface area contributed by atoms with Gasteiger partial charge in [-0.2, -0.15) is 0 Å². The van der Waals surface area contributed by atoms with Crippen LogP contribution >= 0.6 is 22.7 Å². The number of rotatable bonds is 4. The fraction of sp³-hybridized carbons (Fsp3) is 0.294. The predicted octanol–water partition coefficient (Wildman–Crippen LogP) is 2.71. The zero-order valence-electron chi connectivity index (χ0n) is 14.1. The van der Waals surface area contributed by atoms with Crippen LogP contribution in [0.15, 0.2) is 24.3 Å². The molecule has 1 aromatic carbocycles. The molecule has 0 spiro atoms. The SMILES string of the molecule is CC(=O)Nc1nc2c(s1)CN(CC(=O)Nc1nc3ccccc3s1)CC2. The Morgan fingerprint density at radius 1 is 1.15 bits per heavy atom. The van der Waals surface area contributed by atoms with Crippen molar-refractivity contribution in [3.05, 3.63) is 34.8 Å². The van der Waals surface area contributed by atoms with Gasteiger partial charge in [-0.15, -0.1) is 11.3 Å². The second-order valence-electron chi connectivity index (χ2n) is 6.07. The Morgan fingerprint density at radius 3 is 2.77 bits per heavy atom. The number of thiazole rings is 2. The number of hydrogen-bond acceptors (Lipinski definition) is 7. The van der Waals surface area contributed by atoms with Crippen molar-refractivity contribution in [3.8, 4) is 0 Å². The van der Waals surface area contributed by atoms with Gasteiger partial charge in [-0.05, 0) is 12.1 Å². The first-order valence-electron chi connectivity index (χ1n) is 8.21. The summed E-state index contributed by atoms with van der Waals surface area (Å²) in [6.07, 6.45) is 0.778. The number of benzene rings is 1. The van der Waals surface area contributed by atoms with Gasteiger partial charge in [-0.3, -0.25) is 14.5 Å². The van der Waals surface area contributed by atoms with Crippen molar-refractivity contribution in [2.24, 2.45) is 0 Å². The summed E-state index contributed by atoms with van der Waals surface area (Å²) < 4.78 is 1.06. The molecule has 26 heavy (non-hydrogen) atoms. The highest BCUT2D eigenvalue weighted by Crippen LogP contribution is 2.28. The summed E-state index contributed by atoms with van der Waals surface area (Å²) in [5, 5.41) is 6.87. The molecule has 134 valence electrons. The van der Waals surface area contributed by atoms with E-state index in [4.69, 9.17) is 0 Å². The number of carbonyl (C=O) groups is 2. The van der Waals surface area contributed by atoms with Crippen molar-refractivity contribution in [3.63, 3.8) is 0 Å². The maximum Gasteiger partial charge on any atom is 0.240 e. The van der Waals surface area contributed by atoms with Gasteiger partial charge in [0, 0.05) is 31.3 Å². The summed E-state index contributed by atoms with van der Waals surface area (Å²) in [7, 11) is 0. The van der Waals surface area contributed by atoms with Crippen LogP contribution in [-0.2, 0) is 22.6 Å². The van der Waals surface area contributed by atoms with E-state index < -0.39 is 0 Å². The van der Waals surface area contributed by atoms with Gasteiger partial charge in [0.05, 0.1) is 22.5 Å². The number of aromatic nitrogens is 2. The number of anilines is 2. The number of nitrogens with zero attached hydrogens (tertiary/aromatic N) is 3. The quantitative estimate of drug-likeness (QED) is 0.719. The van der Waals surface area contributed by atoms with E-state index in [9.17, 15) is 9.59 Å². The highest BCUT2D eigenvalue weighted by atomic mass is 32.1. The van der Waals surface area contributed by atoms with E-state index in [0.29, 0.717) is 23.4 Å². The molecule has 0 bridgehead atoms. The Hall–Kier alpha value is -2.36. The van der Waals surface area contributed by atoms with E-state index in [1.165, 1.54) is 29.6 Å². The minimum absolute atomic E-state index is 0.0703. The molecular weight excluding hydrogens is 370 g/mol. The Labute approximate surface area is 158 Å². The molecule has 1 aliphatic rings. The zero-order chi connectivity index (χ0) is 18.1. The molecule has 0 unspecified atom stereocenters. The Bertz CT molecular complexity index is 948. The molecule has 3 heterocycles. The molecule has 0 atom stereocenters. The number of para-hydroxylation sites is 1. The standard InChI is InChI=1S/C17H17N5O2S2/c1-10(23)18-16-20-12-6-7-22(8-14(12)26-16)9-15(24)21-17-19-11-4-2-3-5-13(11)25-17/h2-5H,6-9H2,1H3,(H,18,20,23)(H,19,21,24). The molecule has 0 saturated heterocycles. The molecule has 9 heteroatoms. The van der Waals surface area contributed by atoms with Crippen molar-refractivity contribution in [2.75, 3.05) is 23.7 Å². The molecule has 2 aromatic heterocycles. The van der Waals surface area contributed by atoms with Crippen molar-refractivity contribution < 1.29 is 9.59 Å². The summed E-state index contributed by atoms with van der Waals surface area (Å²) in [6, 6.07) is 7.82. The van der Waals surface area contributed by atoms with Crippen molar-refractivity contribution in [1.82, 2.24) is 14.9 Å². The summed E-state index contributed by atoms with van der Waals surface area (Å²) >= 11 is 2.95. The average Bonchev–Trinajstić information content (AvgIpc) is 3.15. The maximum atomic E-state index is 12.4. The molecule has 0 saturated carbocycles. The van der Waals surface area contributed by atoms with Crippen LogP contribution in [0.1, 0.15) is 17.5 Å². The molecule has 2 amide bonds. The lowest BCUT2D eigenvalue weighted by molar-refractivity contribution is -0.117. The van der Waals surface area contributed by atoms with Gasteiger partial charge in [-0.25, -0.2) is 9.97 Å². The van der Waals surface area contributed by atoms with Crippen molar-refractivity contribution >= 4 is 55.0 Å². The monoisotopic (exact) mass is 387 g/mol. The normalized spacial score (nSPS) is 14.2. The largest absolute Gasteiger partial charge is 0.302 e. The Balaban J connectivity index is 1.37. The number of hydrogen-bond donors (Lipinski definition) is 2. The highest BCUT2D eigenvalue weighted by Gasteiger charge is 2.23. The van der Waals surface area contributed by atoms with Crippen LogP contribution in [0.25, 0.3) is 10.2 Å². The third-order valence-electron chi connectivity index (χ3n) is 4.00. The van der Waals surface area contributed by atoms with Gasteiger partial charge < -0.3 is 10.6 Å². The minimum atomic E-state index is -0.122. The molecule has 1 aliphatic heterocycles. The first-order chi connectivity index (χ1) is 12.6. The van der Waals surface area contributed by atoms with Crippen LogP contribution in [-0.4, -0.2) is 39.8 Å². The second kappa shape index (κ2) is 7.10. The summed E-state index contributed by atoms with van der Waals surface area (Å²) in [4.78, 5) is 35.6. The van der Waals surface area contributed by atoms with E-state index in [-0.39, 0.29) is 11.8 Å². The predicted molar refractivity (Wildman–Crippen MR) is 104 cm³/mol. The van der Waals surface area contributed by atoms with Gasteiger partial charge in [0.1, 0.15) is 0 Å². The molecular formula is C17H17N5O2S2. The Morgan fingerprint density at radius 2 is 1.96 bits per heavy atom. The molecule has 0 radical (unpaired) electrons. The van der Waals surface area contributed by atoms with Gasteiger partial charge in [0.25, 0.3) is 0 Å². The molecule has 0 fully saturated rings. The fourth-order valence-corrected chi connectivity index (χ4v) is 4.85. The third-order valence-corrected chi connectivity index (χ3v) is 5.95. The lowest BCUT2D eigenvalue weighted by Crippen LogP contribution is -2.36. The third kappa shape index (κ3) is 3.74. The number of nitrogens with one attached hydrogen (secondary N) is 2. The van der Waals surface area contributed by atoms with E-state index in [2.05, 4.69) is 25.5 Å². The number of carbonyl (C=O) groups excluding carboxylic acids is 2. The summed E-state index contributed by atoms with van der Waals surface area (Å²) in [6.45, 7) is 3.21. The number of amides is 2. The van der Waals surface area contributed by atoms with Crippen molar-refractivity contribution in [1.29, 1.82) is 0 Å². The first kappa shape index (κ1) is 17.1. The van der Waals surface area contributed by atoms with E-state index in [1.54, 1.807) is 0 Å². The first-order valence-corrected chi connectivity index (χ1v) is 9.84. The number of fused-ring (bicyclic) bond motifs is 2. The van der Waals surface area contributed by atoms with Gasteiger partial charge in [-0.1, -0.05) is 23.5 Å². The zero-order valence-corrected chi connectivity index (χ0v) is 15.7. The second-order valence-corrected chi connectivity index (χ2v) is 8.18. The fourth-order valence-electron chi connectivity index (χ4n) is 2.87. The van der Waals surface area contributed by atoms with Crippen LogP contribution in [0.2, 0.25) is 0 Å². The van der Waals surface area contributed by atoms with E-state index in [1.807, 2.05) is 24.3 Å². The summed E-state index contributed by atoms with van der Waals surface area (Å²) in [5.74, 6) is -0.192. The highest BCUT2D eigenvalue weighted by molar-refractivity contribution is 7.22. The van der Waals surface area contributed by atoms with Gasteiger partial charge >= 0.3 is 0 Å². The average molecular weight is 387 g/mol. The lowest BCUT2D eigenvalue weighted by Gasteiger charge is -2.24. The van der Waals surface area contributed by atoms with Gasteiger partial charge in [0.15, 0.2) is 10.3 Å². The van der Waals surface area contributed by atoms with E-state index in [0.717, 1.165) is 33.8 Å². The maximum absolute atomic E-state index is 12.4. The molecule has 0 aliphatic carbocycles. The smallest absolute Gasteiger partial charge is 0.240 e. The van der Waals surface area contributed by atoms with Crippen LogP contribution in [0, 0.1) is 0 Å². The Kier molecular flexibility index (Phi) is 4.66. The molecule has 3 aromatic rings.